The SMILES string of the molecule is Cc1nn(C)c(-c2ccc(F)cc2Cl)c1Nc1ccc(Cl)cc1F. The molecule has 3 aromatic rings. The Kier molecular flexibility index (Phi) is 4.47. The Hall–Kier alpha value is -2.11. The first-order valence-corrected chi connectivity index (χ1v) is 7.83. The molecule has 1 heterocycles. The summed E-state index contributed by atoms with van der Waals surface area (Å²) < 4.78 is 29.0. The molecule has 0 spiro atoms. The molecule has 3 rings (SSSR count). The van der Waals surface area contributed by atoms with Crippen molar-refractivity contribution in [3.63, 3.8) is 0 Å². The van der Waals surface area contributed by atoms with Crippen molar-refractivity contribution in [2.24, 2.45) is 7.05 Å². The van der Waals surface area contributed by atoms with Gasteiger partial charge in [-0.25, -0.2) is 8.78 Å². The van der Waals surface area contributed by atoms with Crippen molar-refractivity contribution < 1.29 is 8.78 Å². The average Bonchev–Trinajstić information content (AvgIpc) is 2.76. The summed E-state index contributed by atoms with van der Waals surface area (Å²) in [5, 5.41) is 7.93. The van der Waals surface area contributed by atoms with Crippen LogP contribution in [0, 0.1) is 18.6 Å². The summed E-state index contributed by atoms with van der Waals surface area (Å²) >= 11 is 12.0. The van der Waals surface area contributed by atoms with Crippen molar-refractivity contribution in [1.82, 2.24) is 9.78 Å². The summed E-state index contributed by atoms with van der Waals surface area (Å²) in [7, 11) is 1.74. The molecule has 0 aliphatic rings. The second-order valence-electron chi connectivity index (χ2n) is 5.31. The Morgan fingerprint density at radius 1 is 1.08 bits per heavy atom. The molecular weight excluding hydrogens is 355 g/mol. The summed E-state index contributed by atoms with van der Waals surface area (Å²) in [5.74, 6) is -0.914. The number of nitrogens with one attached hydrogen (secondary N) is 1. The summed E-state index contributed by atoms with van der Waals surface area (Å²) in [5.41, 5.74) is 2.73. The molecule has 0 saturated carbocycles. The number of benzene rings is 2. The number of aryl methyl sites for hydroxylation is 2. The molecule has 24 heavy (non-hydrogen) atoms. The number of anilines is 2. The van der Waals surface area contributed by atoms with E-state index >= 15 is 0 Å². The van der Waals surface area contributed by atoms with Gasteiger partial charge in [-0.15, -0.1) is 0 Å². The molecule has 0 amide bonds. The number of hydrogen-bond donors (Lipinski definition) is 1. The van der Waals surface area contributed by atoms with E-state index in [1.807, 2.05) is 0 Å². The summed E-state index contributed by atoms with van der Waals surface area (Å²) in [6.45, 7) is 1.79. The van der Waals surface area contributed by atoms with Crippen molar-refractivity contribution in [3.05, 3.63) is 63.8 Å². The van der Waals surface area contributed by atoms with E-state index in [2.05, 4.69) is 10.4 Å². The van der Waals surface area contributed by atoms with Gasteiger partial charge in [0.25, 0.3) is 0 Å². The van der Waals surface area contributed by atoms with Gasteiger partial charge in [0.1, 0.15) is 11.6 Å². The minimum atomic E-state index is -0.484. The van der Waals surface area contributed by atoms with Gasteiger partial charge in [-0.3, -0.25) is 4.68 Å². The Bertz CT molecular complexity index is 922. The second-order valence-corrected chi connectivity index (χ2v) is 6.15. The topological polar surface area (TPSA) is 29.9 Å². The van der Waals surface area contributed by atoms with Gasteiger partial charge in [-0.1, -0.05) is 23.2 Å². The average molecular weight is 368 g/mol. The highest BCUT2D eigenvalue weighted by atomic mass is 35.5. The highest BCUT2D eigenvalue weighted by Gasteiger charge is 2.19. The molecule has 1 aromatic heterocycles. The highest BCUT2D eigenvalue weighted by molar-refractivity contribution is 6.33. The van der Waals surface area contributed by atoms with E-state index in [-0.39, 0.29) is 10.7 Å². The normalized spacial score (nSPS) is 10.9. The minimum Gasteiger partial charge on any atom is -0.350 e. The fourth-order valence-electron chi connectivity index (χ4n) is 2.52. The molecule has 3 nitrogen and oxygen atoms in total. The molecule has 124 valence electrons. The fraction of sp³-hybridized carbons (Fsp3) is 0.118. The van der Waals surface area contributed by atoms with E-state index < -0.39 is 11.6 Å². The van der Waals surface area contributed by atoms with Crippen molar-refractivity contribution >= 4 is 34.6 Å². The molecule has 0 radical (unpaired) electrons. The van der Waals surface area contributed by atoms with Gasteiger partial charge in [-0.05, 0) is 43.3 Å². The molecule has 0 aliphatic carbocycles. The Balaban J connectivity index is 2.12. The molecule has 0 fully saturated rings. The lowest BCUT2D eigenvalue weighted by Gasteiger charge is -2.12. The van der Waals surface area contributed by atoms with Crippen molar-refractivity contribution in [2.75, 3.05) is 5.32 Å². The zero-order valence-electron chi connectivity index (χ0n) is 12.9. The van der Waals surface area contributed by atoms with Crippen molar-refractivity contribution in [2.45, 2.75) is 6.92 Å². The smallest absolute Gasteiger partial charge is 0.148 e. The van der Waals surface area contributed by atoms with Crippen LogP contribution in [0.2, 0.25) is 10.0 Å². The molecule has 0 unspecified atom stereocenters. The van der Waals surface area contributed by atoms with Gasteiger partial charge in [0, 0.05) is 17.6 Å². The predicted octanol–water partition coefficient (Wildman–Crippen LogP) is 5.72. The molecule has 2 aromatic carbocycles. The van der Waals surface area contributed by atoms with Crippen LogP contribution in [0.3, 0.4) is 0 Å². The lowest BCUT2D eigenvalue weighted by Crippen LogP contribution is -1.99. The van der Waals surface area contributed by atoms with Gasteiger partial charge in [0.05, 0.1) is 27.8 Å². The van der Waals surface area contributed by atoms with Gasteiger partial charge in [-0.2, -0.15) is 5.10 Å². The number of hydrogen-bond acceptors (Lipinski definition) is 2. The number of halogens is 4. The predicted molar refractivity (Wildman–Crippen MR) is 93.0 cm³/mol. The fourth-order valence-corrected chi connectivity index (χ4v) is 2.94. The maximum absolute atomic E-state index is 14.1. The van der Waals surface area contributed by atoms with E-state index in [1.165, 1.54) is 18.2 Å². The Labute approximate surface area is 147 Å². The maximum Gasteiger partial charge on any atom is 0.148 e. The van der Waals surface area contributed by atoms with E-state index in [1.54, 1.807) is 36.9 Å². The van der Waals surface area contributed by atoms with Crippen LogP contribution in [0.1, 0.15) is 5.69 Å². The molecule has 1 N–H and O–H groups in total. The van der Waals surface area contributed by atoms with Gasteiger partial charge in [0.2, 0.25) is 0 Å². The standard InChI is InChI=1S/C17H13Cl2F2N3/c1-9-16(22-15-6-3-10(18)7-14(15)21)17(24(2)23-9)12-5-4-11(20)8-13(12)19/h3-8,22H,1-2H3. The summed E-state index contributed by atoms with van der Waals surface area (Å²) in [6.07, 6.45) is 0. The molecular formula is C17H13Cl2F2N3. The monoisotopic (exact) mass is 367 g/mol. The largest absolute Gasteiger partial charge is 0.350 e. The molecule has 0 aliphatic heterocycles. The third-order valence-electron chi connectivity index (χ3n) is 3.60. The third-order valence-corrected chi connectivity index (χ3v) is 4.15. The second kappa shape index (κ2) is 6.42. The van der Waals surface area contributed by atoms with E-state index in [4.69, 9.17) is 23.2 Å². The molecule has 0 atom stereocenters. The summed E-state index contributed by atoms with van der Waals surface area (Å²) in [4.78, 5) is 0. The van der Waals surface area contributed by atoms with Crippen LogP contribution >= 0.6 is 23.2 Å². The lowest BCUT2D eigenvalue weighted by atomic mass is 10.1. The van der Waals surface area contributed by atoms with Crippen LogP contribution in [-0.2, 0) is 7.05 Å². The first kappa shape index (κ1) is 16.7. The third kappa shape index (κ3) is 3.09. The van der Waals surface area contributed by atoms with Crippen LogP contribution in [0.5, 0.6) is 0 Å². The van der Waals surface area contributed by atoms with E-state index in [0.717, 1.165) is 0 Å². The highest BCUT2D eigenvalue weighted by Crippen LogP contribution is 2.37. The molecule has 7 heteroatoms. The molecule has 0 bridgehead atoms. The number of nitrogens with zero attached hydrogens (tertiary/aromatic N) is 2. The van der Waals surface area contributed by atoms with Crippen LogP contribution < -0.4 is 5.32 Å². The number of rotatable bonds is 3. The first-order valence-electron chi connectivity index (χ1n) is 7.08. The van der Waals surface area contributed by atoms with E-state index in [9.17, 15) is 8.78 Å². The van der Waals surface area contributed by atoms with Crippen LogP contribution in [-0.4, -0.2) is 9.78 Å². The van der Waals surface area contributed by atoms with Crippen molar-refractivity contribution in [1.29, 1.82) is 0 Å². The van der Waals surface area contributed by atoms with Crippen LogP contribution in [0.4, 0.5) is 20.2 Å². The zero-order valence-corrected chi connectivity index (χ0v) is 14.4. The van der Waals surface area contributed by atoms with E-state index in [0.29, 0.717) is 27.7 Å². The Morgan fingerprint density at radius 2 is 1.83 bits per heavy atom. The van der Waals surface area contributed by atoms with Gasteiger partial charge < -0.3 is 5.32 Å². The van der Waals surface area contributed by atoms with Crippen molar-refractivity contribution in [3.8, 4) is 11.3 Å². The van der Waals surface area contributed by atoms with Gasteiger partial charge in [0.15, 0.2) is 0 Å². The quantitative estimate of drug-likeness (QED) is 0.640. The van der Waals surface area contributed by atoms with Crippen LogP contribution in [0.15, 0.2) is 36.4 Å². The van der Waals surface area contributed by atoms with Gasteiger partial charge >= 0.3 is 0 Å². The first-order chi connectivity index (χ1) is 11.4. The Morgan fingerprint density at radius 3 is 2.50 bits per heavy atom. The minimum absolute atomic E-state index is 0.248. The van der Waals surface area contributed by atoms with Crippen LogP contribution in [0.25, 0.3) is 11.3 Å². The summed E-state index contributed by atoms with van der Waals surface area (Å²) in [6, 6.07) is 8.46. The zero-order chi connectivity index (χ0) is 17.4. The lowest BCUT2D eigenvalue weighted by molar-refractivity contribution is 0.628. The maximum atomic E-state index is 14.1. The number of aromatic nitrogens is 2. The molecule has 0 saturated heterocycles.